The highest BCUT2D eigenvalue weighted by atomic mass is 16.2. The summed E-state index contributed by atoms with van der Waals surface area (Å²) in [6.45, 7) is 0.843. The number of fused-ring (bicyclic) bond motifs is 1. The van der Waals surface area contributed by atoms with E-state index >= 15 is 0 Å². The van der Waals surface area contributed by atoms with Crippen LogP contribution < -0.4 is 5.73 Å². The summed E-state index contributed by atoms with van der Waals surface area (Å²) in [6.07, 6.45) is 3.27. The second-order valence-corrected chi connectivity index (χ2v) is 8.86. The molecule has 33 heavy (non-hydrogen) atoms. The van der Waals surface area contributed by atoms with Crippen molar-refractivity contribution in [1.82, 2.24) is 9.91 Å². The van der Waals surface area contributed by atoms with Crippen LogP contribution in [-0.4, -0.2) is 46.6 Å². The lowest BCUT2D eigenvalue weighted by Gasteiger charge is -2.34. The number of likely N-dealkylation sites (tertiary alicyclic amines) is 1. The van der Waals surface area contributed by atoms with Crippen molar-refractivity contribution in [2.75, 3.05) is 13.1 Å². The maximum absolute atomic E-state index is 13.5. The fraction of sp³-hybridized carbons (Fsp3) is 0.296. The Bertz CT molecular complexity index is 1210. The van der Waals surface area contributed by atoms with E-state index < -0.39 is 0 Å². The molecule has 2 aliphatic rings. The van der Waals surface area contributed by atoms with Crippen LogP contribution in [-0.2, 0) is 9.59 Å². The van der Waals surface area contributed by atoms with E-state index in [-0.39, 0.29) is 30.4 Å². The van der Waals surface area contributed by atoms with Gasteiger partial charge < -0.3 is 5.73 Å². The number of rotatable bonds is 5. The minimum Gasteiger partial charge on any atom is -0.368 e. The van der Waals surface area contributed by atoms with Crippen molar-refractivity contribution in [3.63, 3.8) is 0 Å². The summed E-state index contributed by atoms with van der Waals surface area (Å²) in [5.41, 5.74) is 8.59. The smallest absolute Gasteiger partial charge is 0.257 e. The first kappa shape index (κ1) is 21.3. The van der Waals surface area contributed by atoms with Crippen LogP contribution in [0.5, 0.6) is 0 Å². The van der Waals surface area contributed by atoms with E-state index in [1.165, 1.54) is 5.39 Å². The van der Waals surface area contributed by atoms with Crippen LogP contribution in [0.25, 0.3) is 10.8 Å². The summed E-state index contributed by atoms with van der Waals surface area (Å²) in [7, 11) is 0. The third kappa shape index (κ3) is 4.39. The third-order valence-electron chi connectivity index (χ3n) is 6.71. The van der Waals surface area contributed by atoms with Crippen LogP contribution in [0.3, 0.4) is 0 Å². The number of hydrogen-bond acceptors (Lipinski definition) is 4. The number of amides is 2. The van der Waals surface area contributed by atoms with Crippen LogP contribution in [0, 0.1) is 0 Å². The minimum absolute atomic E-state index is 0.104. The zero-order valence-electron chi connectivity index (χ0n) is 18.6. The predicted molar refractivity (Wildman–Crippen MR) is 130 cm³/mol. The van der Waals surface area contributed by atoms with Gasteiger partial charge in [0.25, 0.3) is 5.91 Å². The van der Waals surface area contributed by atoms with Gasteiger partial charge in [-0.1, -0.05) is 73.2 Å². The number of carbonyl (C=O) groups is 2. The number of hydrazone groups is 1. The lowest BCUT2D eigenvalue weighted by molar-refractivity contribution is -0.136. The molecule has 1 fully saturated rings. The number of nitrogens with zero attached hydrogens (tertiary/aromatic N) is 3. The van der Waals surface area contributed by atoms with Gasteiger partial charge in [0.1, 0.15) is 0 Å². The number of benzene rings is 3. The topological polar surface area (TPSA) is 79.0 Å². The van der Waals surface area contributed by atoms with Crippen molar-refractivity contribution < 1.29 is 9.59 Å². The number of carbonyl (C=O) groups excluding carboxylic acids is 2. The normalized spacial score (nSPS) is 21.2. The molecule has 3 aromatic rings. The molecule has 2 aliphatic heterocycles. The van der Waals surface area contributed by atoms with Gasteiger partial charge in [-0.2, -0.15) is 5.10 Å². The van der Waals surface area contributed by atoms with E-state index in [0.29, 0.717) is 19.4 Å². The van der Waals surface area contributed by atoms with Gasteiger partial charge >= 0.3 is 0 Å². The Morgan fingerprint density at radius 3 is 2.48 bits per heavy atom. The Morgan fingerprint density at radius 1 is 0.939 bits per heavy atom. The van der Waals surface area contributed by atoms with Gasteiger partial charge in [0.2, 0.25) is 5.91 Å². The molecule has 0 bridgehead atoms. The average molecular weight is 441 g/mol. The minimum atomic E-state index is -0.385. The van der Waals surface area contributed by atoms with E-state index in [1.807, 2.05) is 47.4 Å². The Balaban J connectivity index is 1.45. The van der Waals surface area contributed by atoms with Gasteiger partial charge in [0, 0.05) is 6.42 Å². The standard InChI is InChI=1S/C27H28N4O2/c28-27(33)24-12-6-7-15-30(24)18-26(32)31-25(20-9-2-1-3-10-20)17-23(29-31)22-14-13-19-8-4-5-11-21(19)16-22/h1-5,8-11,13-14,16,24-25H,6-7,12,15,17-18H2,(H2,28,33)/t24-,25-/m0/s1. The van der Waals surface area contributed by atoms with Crippen molar-refractivity contribution in [1.29, 1.82) is 0 Å². The molecule has 2 N–H and O–H groups in total. The SMILES string of the molecule is NC(=O)[C@@H]1CCCCN1CC(=O)N1N=C(c2ccc3ccccc3c2)C[C@H]1c1ccccc1. The molecule has 168 valence electrons. The molecular formula is C27H28N4O2. The summed E-state index contributed by atoms with van der Waals surface area (Å²) in [4.78, 5) is 27.3. The maximum Gasteiger partial charge on any atom is 0.257 e. The number of hydrogen-bond donors (Lipinski definition) is 1. The Hall–Kier alpha value is -3.51. The summed E-state index contributed by atoms with van der Waals surface area (Å²) >= 11 is 0. The van der Waals surface area contributed by atoms with E-state index in [4.69, 9.17) is 10.8 Å². The molecule has 2 atom stereocenters. The molecule has 2 heterocycles. The van der Waals surface area contributed by atoms with Crippen molar-refractivity contribution in [3.05, 3.63) is 83.9 Å². The molecule has 0 aliphatic carbocycles. The molecule has 6 nitrogen and oxygen atoms in total. The van der Waals surface area contributed by atoms with E-state index in [0.717, 1.165) is 35.1 Å². The molecular weight excluding hydrogens is 412 g/mol. The Kier molecular flexibility index (Phi) is 5.92. The quantitative estimate of drug-likeness (QED) is 0.654. The number of primary amides is 1. The van der Waals surface area contributed by atoms with Crippen molar-refractivity contribution in [2.24, 2.45) is 10.8 Å². The van der Waals surface area contributed by atoms with Crippen molar-refractivity contribution in [3.8, 4) is 0 Å². The molecule has 5 rings (SSSR count). The fourth-order valence-electron chi connectivity index (χ4n) is 4.97. The highest BCUT2D eigenvalue weighted by Crippen LogP contribution is 2.33. The molecule has 0 unspecified atom stereocenters. The number of piperidine rings is 1. The molecule has 2 amide bonds. The summed E-state index contributed by atoms with van der Waals surface area (Å²) in [5.74, 6) is -0.461. The largest absolute Gasteiger partial charge is 0.368 e. The summed E-state index contributed by atoms with van der Waals surface area (Å²) in [5, 5.41) is 8.76. The van der Waals surface area contributed by atoms with Crippen molar-refractivity contribution in [2.45, 2.75) is 37.8 Å². The molecule has 3 aromatic carbocycles. The van der Waals surface area contributed by atoms with Crippen LogP contribution in [0.4, 0.5) is 0 Å². The van der Waals surface area contributed by atoms with Crippen LogP contribution in [0.1, 0.15) is 42.9 Å². The molecule has 0 aromatic heterocycles. The first-order valence-corrected chi connectivity index (χ1v) is 11.6. The first-order chi connectivity index (χ1) is 16.1. The summed E-state index contributed by atoms with van der Waals surface area (Å²) in [6, 6.07) is 24.0. The van der Waals surface area contributed by atoms with Crippen LogP contribution >= 0.6 is 0 Å². The molecule has 1 saturated heterocycles. The van der Waals surface area contributed by atoms with Gasteiger partial charge in [-0.25, -0.2) is 5.01 Å². The first-order valence-electron chi connectivity index (χ1n) is 11.6. The average Bonchev–Trinajstić information content (AvgIpc) is 3.30. The monoisotopic (exact) mass is 440 g/mol. The van der Waals surface area contributed by atoms with E-state index in [9.17, 15) is 9.59 Å². The van der Waals surface area contributed by atoms with E-state index in [1.54, 1.807) is 5.01 Å². The van der Waals surface area contributed by atoms with Gasteiger partial charge in [-0.3, -0.25) is 14.5 Å². The lowest BCUT2D eigenvalue weighted by atomic mass is 9.97. The highest BCUT2D eigenvalue weighted by Gasteiger charge is 2.36. The second kappa shape index (κ2) is 9.16. The second-order valence-electron chi connectivity index (χ2n) is 8.86. The maximum atomic E-state index is 13.5. The fourth-order valence-corrected chi connectivity index (χ4v) is 4.97. The molecule has 0 saturated carbocycles. The lowest BCUT2D eigenvalue weighted by Crippen LogP contribution is -2.51. The zero-order chi connectivity index (χ0) is 22.8. The predicted octanol–water partition coefficient (Wildman–Crippen LogP) is 3.86. The molecule has 0 radical (unpaired) electrons. The van der Waals surface area contributed by atoms with Gasteiger partial charge in [0.05, 0.1) is 24.3 Å². The third-order valence-corrected chi connectivity index (χ3v) is 6.71. The Morgan fingerprint density at radius 2 is 1.70 bits per heavy atom. The summed E-state index contributed by atoms with van der Waals surface area (Å²) < 4.78 is 0. The van der Waals surface area contributed by atoms with Crippen LogP contribution in [0.2, 0.25) is 0 Å². The Labute approximate surface area is 193 Å². The zero-order valence-corrected chi connectivity index (χ0v) is 18.6. The van der Waals surface area contributed by atoms with Gasteiger partial charge in [-0.15, -0.1) is 0 Å². The van der Waals surface area contributed by atoms with Crippen molar-refractivity contribution >= 4 is 28.3 Å². The molecule has 0 spiro atoms. The molecule has 6 heteroatoms. The van der Waals surface area contributed by atoms with Gasteiger partial charge in [0.15, 0.2) is 0 Å². The van der Waals surface area contributed by atoms with Gasteiger partial charge in [-0.05, 0) is 47.4 Å². The van der Waals surface area contributed by atoms with Crippen LogP contribution in [0.15, 0.2) is 77.9 Å². The van der Waals surface area contributed by atoms with E-state index in [2.05, 4.69) is 30.3 Å². The highest BCUT2D eigenvalue weighted by molar-refractivity contribution is 6.05. The number of nitrogens with two attached hydrogens (primary N) is 1.